The number of aromatic nitrogens is 2. The Labute approximate surface area is 228 Å². The number of anilines is 2. The monoisotopic (exact) mass is 588 g/mol. The summed E-state index contributed by atoms with van der Waals surface area (Å²) in [6, 6.07) is 20.2. The Balaban J connectivity index is 0.000000216. The summed E-state index contributed by atoms with van der Waals surface area (Å²) >= 11 is 11.1. The molecule has 2 aromatic carbocycles. The average molecular weight is 589 g/mol. The molecule has 3 N–H and O–H groups in total. The third kappa shape index (κ3) is 8.39. The summed E-state index contributed by atoms with van der Waals surface area (Å²) in [5.41, 5.74) is 4.36. The molecule has 0 aliphatic heterocycles. The van der Waals surface area contributed by atoms with Gasteiger partial charge < -0.3 is 11.1 Å². The van der Waals surface area contributed by atoms with Crippen LogP contribution in [0.1, 0.15) is 22.5 Å². The molecule has 0 amide bonds. The molecule has 5 nitrogen and oxygen atoms in total. The van der Waals surface area contributed by atoms with Gasteiger partial charge in [0, 0.05) is 17.6 Å². The van der Waals surface area contributed by atoms with Crippen LogP contribution < -0.4 is 16.6 Å². The Hall–Kier alpha value is -3.70. The van der Waals surface area contributed by atoms with Crippen LogP contribution in [0.25, 0.3) is 0 Å². The van der Waals surface area contributed by atoms with Gasteiger partial charge >= 0.3 is 12.4 Å². The topological polar surface area (TPSA) is 72.9 Å². The van der Waals surface area contributed by atoms with Gasteiger partial charge in [0.2, 0.25) is 0 Å². The van der Waals surface area contributed by atoms with E-state index in [4.69, 9.17) is 28.9 Å². The number of nitrogens with two attached hydrogens (primary N) is 1. The van der Waals surface area contributed by atoms with Crippen molar-refractivity contribution in [3.8, 4) is 0 Å². The summed E-state index contributed by atoms with van der Waals surface area (Å²) in [6.45, 7) is 0.189. The third-order valence-electron chi connectivity index (χ3n) is 5.20. The molecule has 2 heterocycles. The number of nitrogens with one attached hydrogen (secondary N) is 1. The van der Waals surface area contributed by atoms with Crippen molar-refractivity contribution < 1.29 is 26.3 Å². The quantitative estimate of drug-likeness (QED) is 0.187. The lowest BCUT2D eigenvalue weighted by Gasteiger charge is -2.15. The molecule has 206 valence electrons. The van der Waals surface area contributed by atoms with E-state index in [1.165, 1.54) is 0 Å². The van der Waals surface area contributed by atoms with Crippen LogP contribution >= 0.6 is 23.2 Å². The van der Waals surface area contributed by atoms with Gasteiger partial charge in [0.25, 0.3) is 5.56 Å². The molecular weight excluding hydrogens is 569 g/mol. The molecule has 4 rings (SSSR count). The van der Waals surface area contributed by atoms with Crippen LogP contribution in [0.2, 0.25) is 10.2 Å². The van der Waals surface area contributed by atoms with Crippen LogP contribution in [-0.2, 0) is 25.4 Å². The van der Waals surface area contributed by atoms with Gasteiger partial charge in [-0.25, -0.2) is 4.98 Å². The summed E-state index contributed by atoms with van der Waals surface area (Å²) < 4.78 is 77.3. The van der Waals surface area contributed by atoms with E-state index < -0.39 is 29.3 Å². The molecule has 0 saturated heterocycles. The Morgan fingerprint density at radius 1 is 0.821 bits per heavy atom. The van der Waals surface area contributed by atoms with Crippen molar-refractivity contribution in [1.29, 1.82) is 0 Å². The highest BCUT2D eigenvalue weighted by Gasteiger charge is 2.35. The summed E-state index contributed by atoms with van der Waals surface area (Å²) in [6.07, 6.45) is -9.20. The minimum absolute atomic E-state index is 0.00408. The van der Waals surface area contributed by atoms with E-state index in [0.29, 0.717) is 16.7 Å². The highest BCUT2D eigenvalue weighted by atomic mass is 35.5. The van der Waals surface area contributed by atoms with Crippen LogP contribution in [0.4, 0.5) is 37.7 Å². The number of hydrogen-bond donors (Lipinski definition) is 2. The standard InChI is InChI=1S/C13H11ClF3N3.C13H9ClF3NO/c14-12-11(18)9(6-10(20-12)13(15,16)17)19-7-8-4-2-1-3-5-8;14-10-6-11(13(15,16)17)18(12(19)7-10)8-9-4-2-1-3-5-9/h1-6H,7,18H2,(H,19,20);1-7H,8H2. The molecule has 2 aromatic heterocycles. The normalized spacial score (nSPS) is 11.5. The summed E-state index contributed by atoms with van der Waals surface area (Å²) in [5.74, 6) is 0. The van der Waals surface area contributed by atoms with Gasteiger partial charge in [0.15, 0.2) is 5.15 Å². The van der Waals surface area contributed by atoms with E-state index in [-0.39, 0.29) is 28.1 Å². The minimum Gasteiger partial charge on any atom is -0.395 e. The van der Waals surface area contributed by atoms with Gasteiger partial charge in [-0.2, -0.15) is 26.3 Å². The second-order valence-electron chi connectivity index (χ2n) is 8.06. The van der Waals surface area contributed by atoms with Crippen LogP contribution in [0.3, 0.4) is 0 Å². The first kappa shape index (κ1) is 29.9. The second-order valence-corrected chi connectivity index (χ2v) is 8.86. The molecule has 0 saturated carbocycles. The largest absolute Gasteiger partial charge is 0.433 e. The van der Waals surface area contributed by atoms with Crippen molar-refractivity contribution in [2.45, 2.75) is 25.4 Å². The first-order valence-corrected chi connectivity index (χ1v) is 11.8. The zero-order valence-electron chi connectivity index (χ0n) is 19.8. The Morgan fingerprint density at radius 2 is 1.38 bits per heavy atom. The molecule has 4 aromatic rings. The van der Waals surface area contributed by atoms with Gasteiger partial charge in [-0.05, 0) is 23.3 Å². The maximum Gasteiger partial charge on any atom is 0.433 e. The lowest BCUT2D eigenvalue weighted by Crippen LogP contribution is -2.27. The number of hydrogen-bond acceptors (Lipinski definition) is 4. The maximum absolute atomic E-state index is 12.9. The Bertz CT molecular complexity index is 1460. The van der Waals surface area contributed by atoms with Gasteiger partial charge in [-0.1, -0.05) is 83.9 Å². The number of rotatable bonds is 5. The number of halogens is 8. The SMILES string of the molecule is Nc1c(NCc2ccccc2)cc(C(F)(F)F)nc1Cl.O=c1cc(Cl)cc(C(F)(F)F)n1Cc1ccccc1. The van der Waals surface area contributed by atoms with Crippen molar-refractivity contribution in [3.63, 3.8) is 0 Å². The minimum atomic E-state index is -4.63. The maximum atomic E-state index is 12.9. The summed E-state index contributed by atoms with van der Waals surface area (Å²) in [5, 5.41) is 2.25. The van der Waals surface area contributed by atoms with Crippen LogP contribution in [0.15, 0.2) is 83.7 Å². The highest BCUT2D eigenvalue weighted by Crippen LogP contribution is 2.35. The van der Waals surface area contributed by atoms with Gasteiger partial charge in [0.05, 0.1) is 17.9 Å². The second kappa shape index (κ2) is 12.4. The molecular formula is C26H20Cl2F6N4O. The number of benzene rings is 2. The van der Waals surface area contributed by atoms with Gasteiger partial charge in [-0.3, -0.25) is 9.36 Å². The van der Waals surface area contributed by atoms with E-state index in [1.54, 1.807) is 30.3 Å². The molecule has 0 radical (unpaired) electrons. The van der Waals surface area contributed by atoms with Crippen LogP contribution in [-0.4, -0.2) is 9.55 Å². The lowest BCUT2D eigenvalue weighted by molar-refractivity contribution is -0.144. The number of pyridine rings is 2. The molecule has 0 unspecified atom stereocenters. The van der Waals surface area contributed by atoms with Gasteiger partial charge in [-0.15, -0.1) is 0 Å². The highest BCUT2D eigenvalue weighted by molar-refractivity contribution is 6.32. The molecule has 0 bridgehead atoms. The molecule has 0 spiro atoms. The van der Waals surface area contributed by atoms with Crippen molar-refractivity contribution in [2.24, 2.45) is 0 Å². The fourth-order valence-electron chi connectivity index (χ4n) is 3.34. The molecule has 0 aliphatic rings. The van der Waals surface area contributed by atoms with E-state index >= 15 is 0 Å². The zero-order chi connectivity index (χ0) is 28.8. The first-order chi connectivity index (χ1) is 18.3. The fraction of sp³-hybridized carbons (Fsp3) is 0.154. The van der Waals surface area contributed by atoms with Crippen molar-refractivity contribution in [3.05, 3.63) is 122 Å². The smallest absolute Gasteiger partial charge is 0.395 e. The number of nitrogens with zero attached hydrogens (tertiary/aromatic N) is 2. The number of alkyl halides is 6. The average Bonchev–Trinajstić information content (AvgIpc) is 2.86. The zero-order valence-corrected chi connectivity index (χ0v) is 21.3. The van der Waals surface area contributed by atoms with Crippen LogP contribution in [0.5, 0.6) is 0 Å². The predicted octanol–water partition coefficient (Wildman–Crippen LogP) is 7.52. The molecule has 0 atom stereocenters. The Morgan fingerprint density at radius 3 is 1.92 bits per heavy atom. The fourth-order valence-corrected chi connectivity index (χ4v) is 3.73. The van der Waals surface area contributed by atoms with Crippen molar-refractivity contribution >= 4 is 34.6 Å². The van der Waals surface area contributed by atoms with E-state index in [1.807, 2.05) is 30.3 Å². The predicted molar refractivity (Wildman–Crippen MR) is 139 cm³/mol. The van der Waals surface area contributed by atoms with Gasteiger partial charge in [0.1, 0.15) is 11.4 Å². The van der Waals surface area contributed by atoms with E-state index in [0.717, 1.165) is 23.8 Å². The molecule has 13 heteroatoms. The number of nitrogen functional groups attached to an aromatic ring is 1. The molecule has 0 fully saturated rings. The molecule has 0 aliphatic carbocycles. The van der Waals surface area contributed by atoms with E-state index in [2.05, 4.69) is 10.3 Å². The van der Waals surface area contributed by atoms with Crippen LogP contribution in [0, 0.1) is 0 Å². The summed E-state index contributed by atoms with van der Waals surface area (Å²) in [7, 11) is 0. The van der Waals surface area contributed by atoms with Crippen molar-refractivity contribution in [2.75, 3.05) is 11.1 Å². The van der Waals surface area contributed by atoms with E-state index in [9.17, 15) is 31.1 Å². The lowest BCUT2D eigenvalue weighted by atomic mass is 10.2. The van der Waals surface area contributed by atoms with Crippen molar-refractivity contribution in [1.82, 2.24) is 9.55 Å². The Kier molecular flexibility index (Phi) is 9.52. The summed E-state index contributed by atoms with van der Waals surface area (Å²) in [4.78, 5) is 14.9. The first-order valence-electron chi connectivity index (χ1n) is 11.1. The molecule has 39 heavy (non-hydrogen) atoms. The third-order valence-corrected chi connectivity index (χ3v) is 5.70.